The highest BCUT2D eigenvalue weighted by Crippen LogP contribution is 2.32. The van der Waals surface area contributed by atoms with E-state index in [0.717, 1.165) is 0 Å². The van der Waals surface area contributed by atoms with Crippen LogP contribution in [0.25, 0.3) is 0 Å². The van der Waals surface area contributed by atoms with Crippen molar-refractivity contribution in [3.8, 4) is 5.75 Å². The van der Waals surface area contributed by atoms with Crippen molar-refractivity contribution in [2.24, 2.45) is 0 Å². The minimum atomic E-state index is -3.01. The van der Waals surface area contributed by atoms with Crippen LogP contribution in [0.15, 0.2) is 71.7 Å². The number of hydrogen-bond acceptors (Lipinski definition) is 6. The Bertz CT molecular complexity index is 1500. The lowest BCUT2D eigenvalue weighted by molar-refractivity contribution is -0.133. The molecule has 1 aliphatic rings. The molecular formula is C29H29ClF2N4O6. The van der Waals surface area contributed by atoms with E-state index < -0.39 is 42.0 Å². The molecule has 0 bridgehead atoms. The van der Waals surface area contributed by atoms with E-state index in [1.54, 1.807) is 44.4 Å². The molecule has 0 spiro atoms. The molecule has 2 aromatic carbocycles. The van der Waals surface area contributed by atoms with Gasteiger partial charge in [-0.2, -0.15) is 8.78 Å². The van der Waals surface area contributed by atoms with Crippen LogP contribution >= 0.6 is 11.6 Å². The van der Waals surface area contributed by atoms with Crippen molar-refractivity contribution >= 4 is 35.0 Å². The van der Waals surface area contributed by atoms with Crippen LogP contribution in [0.4, 0.5) is 14.5 Å². The molecule has 13 heteroatoms. The third-order valence-electron chi connectivity index (χ3n) is 6.87. The minimum Gasteiger partial charge on any atom is -0.435 e. The molecule has 3 aromatic rings. The van der Waals surface area contributed by atoms with Gasteiger partial charge in [-0.25, -0.2) is 0 Å². The summed E-state index contributed by atoms with van der Waals surface area (Å²) in [6.45, 7) is -3.04. The molecule has 222 valence electrons. The lowest BCUT2D eigenvalue weighted by atomic mass is 9.94. The summed E-state index contributed by atoms with van der Waals surface area (Å²) in [6.07, 6.45) is 1.45. The van der Waals surface area contributed by atoms with Crippen molar-refractivity contribution in [3.63, 3.8) is 0 Å². The van der Waals surface area contributed by atoms with Crippen molar-refractivity contribution in [1.29, 1.82) is 0 Å². The Morgan fingerprint density at radius 1 is 1.07 bits per heavy atom. The predicted molar refractivity (Wildman–Crippen MR) is 151 cm³/mol. The van der Waals surface area contributed by atoms with Crippen LogP contribution in [0.2, 0.25) is 5.02 Å². The van der Waals surface area contributed by atoms with E-state index in [1.807, 2.05) is 0 Å². The molecule has 0 aliphatic carbocycles. The molecule has 2 heterocycles. The average Bonchev–Trinajstić information content (AvgIpc) is 3.27. The van der Waals surface area contributed by atoms with E-state index >= 15 is 0 Å². The van der Waals surface area contributed by atoms with E-state index in [4.69, 9.17) is 16.3 Å². The van der Waals surface area contributed by atoms with Gasteiger partial charge in [-0.3, -0.25) is 23.7 Å². The van der Waals surface area contributed by atoms with Crippen molar-refractivity contribution in [3.05, 3.63) is 93.4 Å². The highest BCUT2D eigenvalue weighted by molar-refractivity contribution is 6.30. The molecule has 1 N–H and O–H groups in total. The number of amides is 3. The number of rotatable bonds is 10. The van der Waals surface area contributed by atoms with Gasteiger partial charge in [-0.15, -0.1) is 0 Å². The van der Waals surface area contributed by atoms with Gasteiger partial charge in [0.05, 0.1) is 6.61 Å². The zero-order valence-electron chi connectivity index (χ0n) is 23.0. The normalized spacial score (nSPS) is 17.3. The number of anilines is 1. The summed E-state index contributed by atoms with van der Waals surface area (Å²) < 4.78 is 35.8. The maximum Gasteiger partial charge on any atom is 0.387 e. The molecule has 1 aromatic heterocycles. The van der Waals surface area contributed by atoms with Crippen LogP contribution in [0, 0.1) is 0 Å². The second-order valence-corrected chi connectivity index (χ2v) is 10.2. The fourth-order valence-corrected chi connectivity index (χ4v) is 4.93. The van der Waals surface area contributed by atoms with Crippen molar-refractivity contribution in [1.82, 2.24) is 14.8 Å². The van der Waals surface area contributed by atoms with Gasteiger partial charge >= 0.3 is 6.61 Å². The van der Waals surface area contributed by atoms with E-state index in [0.29, 0.717) is 10.6 Å². The van der Waals surface area contributed by atoms with E-state index in [1.165, 1.54) is 58.0 Å². The Kier molecular flexibility index (Phi) is 9.59. The lowest BCUT2D eigenvalue weighted by Crippen LogP contribution is -2.45. The summed E-state index contributed by atoms with van der Waals surface area (Å²) in [5.41, 5.74) is 0.251. The number of hydrogen-bond donors (Lipinski definition) is 1. The average molecular weight is 603 g/mol. The summed E-state index contributed by atoms with van der Waals surface area (Å²) in [6, 6.07) is 12.8. The lowest BCUT2D eigenvalue weighted by Gasteiger charge is -2.24. The van der Waals surface area contributed by atoms with Gasteiger partial charge in [0.25, 0.3) is 11.5 Å². The molecule has 1 fully saturated rings. The second kappa shape index (κ2) is 13.1. The van der Waals surface area contributed by atoms with Gasteiger partial charge in [-0.05, 0) is 54.1 Å². The molecule has 0 saturated carbocycles. The largest absolute Gasteiger partial charge is 0.435 e. The Hall–Kier alpha value is -4.29. The van der Waals surface area contributed by atoms with Crippen LogP contribution in [0.3, 0.4) is 0 Å². The predicted octanol–water partition coefficient (Wildman–Crippen LogP) is 3.31. The molecule has 0 radical (unpaired) electrons. The maximum atomic E-state index is 13.8. The molecule has 1 unspecified atom stereocenters. The summed E-state index contributed by atoms with van der Waals surface area (Å²) in [5.74, 6) is -2.23. The maximum absolute atomic E-state index is 13.8. The third kappa shape index (κ3) is 6.60. The fraction of sp³-hybridized carbons (Fsp3) is 0.310. The molecule has 1 aliphatic heterocycles. The van der Waals surface area contributed by atoms with Gasteiger partial charge in [-0.1, -0.05) is 23.7 Å². The summed E-state index contributed by atoms with van der Waals surface area (Å²) in [4.78, 5) is 56.1. The van der Waals surface area contributed by atoms with E-state index in [-0.39, 0.29) is 36.1 Å². The van der Waals surface area contributed by atoms with Crippen LogP contribution < -0.4 is 20.5 Å². The molecule has 42 heavy (non-hydrogen) atoms. The van der Waals surface area contributed by atoms with Crippen molar-refractivity contribution in [2.45, 2.75) is 24.6 Å². The first-order valence-corrected chi connectivity index (χ1v) is 13.2. The number of carbonyl (C=O) groups is 3. The van der Waals surface area contributed by atoms with Gasteiger partial charge in [0.2, 0.25) is 11.8 Å². The first-order chi connectivity index (χ1) is 20.0. The summed E-state index contributed by atoms with van der Waals surface area (Å²) in [7, 11) is 4.54. The number of carbonyl (C=O) groups excluding carboxylic acids is 3. The standard InChI is InChI=1S/C29H29ClF2N4O6/c1-34(2)26(38)23(16-41-3)35-14-4-5-22(27(35)39)36-15-21(17-6-10-19(30)11-7-17)24(28(36)40)33-25(37)18-8-12-20(13-9-18)42-29(31)32/h4-14,21,23-24,29H,15-16H2,1-3H3,(H,33,37)/t21-,23?,24-/m0/s1. The Morgan fingerprint density at radius 3 is 2.33 bits per heavy atom. The number of pyridine rings is 1. The molecule has 3 atom stereocenters. The molecule has 10 nitrogen and oxygen atoms in total. The fourth-order valence-electron chi connectivity index (χ4n) is 4.81. The van der Waals surface area contributed by atoms with Crippen molar-refractivity contribution < 1.29 is 32.6 Å². The Labute approximate surface area is 245 Å². The first kappa shape index (κ1) is 30.7. The number of alkyl halides is 2. The molecule has 3 amide bonds. The van der Waals surface area contributed by atoms with Gasteiger partial charge < -0.3 is 24.6 Å². The summed E-state index contributed by atoms with van der Waals surface area (Å²) in [5, 5.41) is 3.22. The number of methoxy groups -OCH3 is 1. The number of benzene rings is 2. The number of nitrogens with one attached hydrogen (secondary N) is 1. The van der Waals surface area contributed by atoms with Gasteiger partial charge in [0.1, 0.15) is 23.5 Å². The van der Waals surface area contributed by atoms with Crippen LogP contribution in [-0.4, -0.2) is 74.2 Å². The molecule has 4 rings (SSSR count). The Morgan fingerprint density at radius 2 is 1.74 bits per heavy atom. The number of ether oxygens (including phenoxy) is 2. The van der Waals surface area contributed by atoms with Gasteiger partial charge in [0, 0.05) is 50.5 Å². The third-order valence-corrected chi connectivity index (χ3v) is 7.12. The number of likely N-dealkylation sites (N-methyl/N-ethyl adjacent to an activating group) is 1. The SMILES string of the molecule is COCC(C(=O)N(C)C)n1cccc(N2C[C@@H](c3ccc(Cl)cc3)[C@H](NC(=O)c3ccc(OC(F)F)cc3)C2=O)c1=O. The highest BCUT2D eigenvalue weighted by Gasteiger charge is 2.44. The van der Waals surface area contributed by atoms with E-state index in [9.17, 15) is 28.0 Å². The molecular weight excluding hydrogens is 574 g/mol. The zero-order chi connectivity index (χ0) is 30.6. The number of halogens is 3. The zero-order valence-corrected chi connectivity index (χ0v) is 23.8. The minimum absolute atomic E-state index is 0.0272. The quantitative estimate of drug-likeness (QED) is 0.381. The Balaban J connectivity index is 1.68. The van der Waals surface area contributed by atoms with Crippen LogP contribution in [-0.2, 0) is 14.3 Å². The monoisotopic (exact) mass is 602 g/mol. The number of aromatic nitrogens is 1. The first-order valence-electron chi connectivity index (χ1n) is 12.9. The smallest absolute Gasteiger partial charge is 0.387 e. The van der Waals surface area contributed by atoms with Gasteiger partial charge in [0.15, 0.2) is 0 Å². The summed E-state index contributed by atoms with van der Waals surface area (Å²) >= 11 is 6.07. The van der Waals surface area contributed by atoms with E-state index in [2.05, 4.69) is 10.1 Å². The van der Waals surface area contributed by atoms with Crippen molar-refractivity contribution in [2.75, 3.05) is 39.3 Å². The van der Waals surface area contributed by atoms with Crippen LogP contribution in [0.1, 0.15) is 27.9 Å². The van der Waals surface area contributed by atoms with Crippen LogP contribution in [0.5, 0.6) is 5.75 Å². The topological polar surface area (TPSA) is 110 Å². The highest BCUT2D eigenvalue weighted by atomic mass is 35.5. The second-order valence-electron chi connectivity index (χ2n) is 9.77. The molecule has 1 saturated heterocycles. The number of nitrogens with zero attached hydrogens (tertiary/aromatic N) is 3.